The van der Waals surface area contributed by atoms with Crippen molar-refractivity contribution in [3.63, 3.8) is 0 Å². The SMILES string of the molecule is O=C(O)c1ccc2c(ccn2CCc2ccccn2)c1. The molecule has 2 aromatic heterocycles. The normalized spacial score (nSPS) is 10.8. The number of benzene rings is 1. The Morgan fingerprint density at radius 2 is 2.10 bits per heavy atom. The highest BCUT2D eigenvalue weighted by atomic mass is 16.4. The quantitative estimate of drug-likeness (QED) is 0.789. The Morgan fingerprint density at radius 3 is 2.85 bits per heavy atom. The van der Waals surface area contributed by atoms with E-state index in [1.807, 2.05) is 36.5 Å². The molecule has 0 aliphatic carbocycles. The molecule has 0 atom stereocenters. The first kappa shape index (κ1) is 12.4. The van der Waals surface area contributed by atoms with Gasteiger partial charge in [-0.15, -0.1) is 0 Å². The van der Waals surface area contributed by atoms with Gasteiger partial charge in [-0.25, -0.2) is 4.79 Å². The third kappa shape index (κ3) is 2.40. The summed E-state index contributed by atoms with van der Waals surface area (Å²) in [6.45, 7) is 0.826. The number of aromatic nitrogens is 2. The van der Waals surface area contributed by atoms with Crippen molar-refractivity contribution in [2.24, 2.45) is 0 Å². The Labute approximate surface area is 116 Å². The zero-order chi connectivity index (χ0) is 13.9. The number of nitrogens with zero attached hydrogens (tertiary/aromatic N) is 2. The van der Waals surface area contributed by atoms with Crippen molar-refractivity contribution in [3.8, 4) is 0 Å². The van der Waals surface area contributed by atoms with Crippen LogP contribution in [0.5, 0.6) is 0 Å². The second-order valence-electron chi connectivity index (χ2n) is 4.66. The lowest BCUT2D eigenvalue weighted by atomic mass is 10.1. The topological polar surface area (TPSA) is 55.1 Å². The molecule has 100 valence electrons. The van der Waals surface area contributed by atoms with E-state index in [4.69, 9.17) is 5.11 Å². The van der Waals surface area contributed by atoms with Gasteiger partial charge in [0.2, 0.25) is 0 Å². The Kier molecular flexibility index (Phi) is 3.21. The Balaban J connectivity index is 1.84. The Morgan fingerprint density at radius 1 is 1.20 bits per heavy atom. The average molecular weight is 266 g/mol. The Hall–Kier alpha value is -2.62. The van der Waals surface area contributed by atoms with Crippen LogP contribution in [0.15, 0.2) is 54.9 Å². The van der Waals surface area contributed by atoms with Crippen LogP contribution in [-0.4, -0.2) is 20.6 Å². The van der Waals surface area contributed by atoms with Gasteiger partial charge < -0.3 is 9.67 Å². The Bertz CT molecular complexity index is 748. The molecule has 0 unspecified atom stereocenters. The summed E-state index contributed by atoms with van der Waals surface area (Å²) < 4.78 is 2.12. The van der Waals surface area contributed by atoms with Crippen molar-refractivity contribution >= 4 is 16.9 Å². The van der Waals surface area contributed by atoms with E-state index in [1.54, 1.807) is 18.3 Å². The molecule has 0 amide bonds. The molecule has 0 saturated carbocycles. The lowest BCUT2D eigenvalue weighted by Gasteiger charge is -2.05. The summed E-state index contributed by atoms with van der Waals surface area (Å²) in [6.07, 6.45) is 4.63. The number of carboxylic acid groups (broad SMARTS) is 1. The van der Waals surface area contributed by atoms with Gasteiger partial charge in [0.25, 0.3) is 0 Å². The number of carboxylic acids is 1. The van der Waals surface area contributed by atoms with Gasteiger partial charge in [0.05, 0.1) is 5.56 Å². The van der Waals surface area contributed by atoms with E-state index < -0.39 is 5.97 Å². The van der Waals surface area contributed by atoms with Crippen LogP contribution >= 0.6 is 0 Å². The van der Waals surface area contributed by atoms with Crippen LogP contribution in [0.3, 0.4) is 0 Å². The molecule has 1 aromatic carbocycles. The van der Waals surface area contributed by atoms with Crippen molar-refractivity contribution in [1.82, 2.24) is 9.55 Å². The number of aromatic carboxylic acids is 1. The van der Waals surface area contributed by atoms with Crippen LogP contribution in [0.1, 0.15) is 16.1 Å². The second-order valence-corrected chi connectivity index (χ2v) is 4.66. The molecule has 3 aromatic rings. The summed E-state index contributed by atoms with van der Waals surface area (Å²) in [5.41, 5.74) is 2.42. The van der Waals surface area contributed by atoms with Crippen molar-refractivity contribution in [3.05, 3.63) is 66.1 Å². The highest BCUT2D eigenvalue weighted by molar-refractivity contribution is 5.93. The number of hydrogen-bond donors (Lipinski definition) is 1. The van der Waals surface area contributed by atoms with Crippen LogP contribution in [0.2, 0.25) is 0 Å². The lowest BCUT2D eigenvalue weighted by Crippen LogP contribution is -2.01. The monoisotopic (exact) mass is 266 g/mol. The molecule has 20 heavy (non-hydrogen) atoms. The van der Waals surface area contributed by atoms with E-state index in [1.165, 1.54) is 0 Å². The molecule has 2 heterocycles. The third-order valence-corrected chi connectivity index (χ3v) is 3.35. The van der Waals surface area contributed by atoms with Gasteiger partial charge in [0.1, 0.15) is 0 Å². The molecule has 4 nitrogen and oxygen atoms in total. The molecule has 0 aliphatic rings. The third-order valence-electron chi connectivity index (χ3n) is 3.35. The maximum absolute atomic E-state index is 10.9. The molecule has 3 rings (SSSR count). The highest BCUT2D eigenvalue weighted by Crippen LogP contribution is 2.18. The van der Waals surface area contributed by atoms with Gasteiger partial charge >= 0.3 is 5.97 Å². The fourth-order valence-corrected chi connectivity index (χ4v) is 2.31. The first-order chi connectivity index (χ1) is 9.74. The minimum atomic E-state index is -0.895. The molecule has 1 N–H and O–H groups in total. The molecule has 0 spiro atoms. The summed E-state index contributed by atoms with van der Waals surface area (Å²) in [5.74, 6) is -0.895. The van der Waals surface area contributed by atoms with Crippen molar-refractivity contribution in [1.29, 1.82) is 0 Å². The molecule has 4 heteroatoms. The maximum atomic E-state index is 10.9. The largest absolute Gasteiger partial charge is 0.478 e. The van der Waals surface area contributed by atoms with E-state index in [2.05, 4.69) is 9.55 Å². The fourth-order valence-electron chi connectivity index (χ4n) is 2.31. The second kappa shape index (κ2) is 5.17. The fraction of sp³-hybridized carbons (Fsp3) is 0.125. The first-order valence-electron chi connectivity index (χ1n) is 6.46. The molecule has 0 bridgehead atoms. The molecule has 0 aliphatic heterocycles. The van der Waals surface area contributed by atoms with Gasteiger partial charge in [-0.05, 0) is 36.4 Å². The van der Waals surface area contributed by atoms with Gasteiger partial charge in [-0.3, -0.25) is 4.98 Å². The maximum Gasteiger partial charge on any atom is 0.335 e. The van der Waals surface area contributed by atoms with Crippen LogP contribution in [0, 0.1) is 0 Å². The summed E-state index contributed by atoms with van der Waals surface area (Å²) >= 11 is 0. The van der Waals surface area contributed by atoms with Gasteiger partial charge in [0.15, 0.2) is 0 Å². The van der Waals surface area contributed by atoms with Crippen LogP contribution in [0.4, 0.5) is 0 Å². The number of fused-ring (bicyclic) bond motifs is 1. The zero-order valence-corrected chi connectivity index (χ0v) is 10.9. The molecular formula is C16H14N2O2. The van der Waals surface area contributed by atoms with Crippen LogP contribution in [-0.2, 0) is 13.0 Å². The molecule has 0 fully saturated rings. The molecule has 0 saturated heterocycles. The van der Waals surface area contributed by atoms with Gasteiger partial charge in [-0.2, -0.15) is 0 Å². The van der Waals surface area contributed by atoms with Crippen molar-refractivity contribution in [2.75, 3.05) is 0 Å². The lowest BCUT2D eigenvalue weighted by molar-refractivity contribution is 0.0697. The van der Waals surface area contributed by atoms with E-state index >= 15 is 0 Å². The number of pyridine rings is 1. The zero-order valence-electron chi connectivity index (χ0n) is 10.9. The molecule has 0 radical (unpaired) electrons. The summed E-state index contributed by atoms with van der Waals surface area (Å²) in [6, 6.07) is 13.0. The van der Waals surface area contributed by atoms with E-state index in [-0.39, 0.29) is 0 Å². The van der Waals surface area contributed by atoms with Crippen molar-refractivity contribution in [2.45, 2.75) is 13.0 Å². The minimum Gasteiger partial charge on any atom is -0.478 e. The van der Waals surface area contributed by atoms with Gasteiger partial charge in [-0.1, -0.05) is 6.07 Å². The smallest absolute Gasteiger partial charge is 0.335 e. The van der Waals surface area contributed by atoms with E-state index in [0.29, 0.717) is 5.56 Å². The number of hydrogen-bond acceptors (Lipinski definition) is 2. The van der Waals surface area contributed by atoms with Crippen molar-refractivity contribution < 1.29 is 9.90 Å². The number of carbonyl (C=O) groups is 1. The van der Waals surface area contributed by atoms with E-state index in [9.17, 15) is 4.79 Å². The van der Waals surface area contributed by atoms with Crippen LogP contribution in [0.25, 0.3) is 10.9 Å². The van der Waals surface area contributed by atoms with Crippen LogP contribution < -0.4 is 0 Å². The minimum absolute atomic E-state index is 0.319. The first-order valence-corrected chi connectivity index (χ1v) is 6.46. The summed E-state index contributed by atoms with van der Waals surface area (Å²) in [7, 11) is 0. The summed E-state index contributed by atoms with van der Waals surface area (Å²) in [4.78, 5) is 15.3. The molecular weight excluding hydrogens is 252 g/mol. The summed E-state index contributed by atoms with van der Waals surface area (Å²) in [5, 5.41) is 9.94. The number of aryl methyl sites for hydroxylation is 2. The predicted molar refractivity (Wildman–Crippen MR) is 76.8 cm³/mol. The standard InChI is InChI=1S/C16H14N2O2/c19-16(20)13-4-5-15-12(11-13)6-9-18(15)10-7-14-3-1-2-8-17-14/h1-6,8-9,11H,7,10H2,(H,19,20). The van der Waals surface area contributed by atoms with Gasteiger partial charge in [0, 0.05) is 42.0 Å². The average Bonchev–Trinajstić information content (AvgIpc) is 2.88. The predicted octanol–water partition coefficient (Wildman–Crippen LogP) is 2.98. The van der Waals surface area contributed by atoms with E-state index in [0.717, 1.165) is 29.6 Å². The highest BCUT2D eigenvalue weighted by Gasteiger charge is 2.06. The number of rotatable bonds is 4.